The molecule has 150 valence electrons. The Bertz CT molecular complexity index is 662. The highest BCUT2D eigenvalue weighted by atomic mass is 16.5. The lowest BCUT2D eigenvalue weighted by Gasteiger charge is -2.23. The first-order valence-corrected chi connectivity index (χ1v) is 11.1. The van der Waals surface area contributed by atoms with Crippen LogP contribution >= 0.6 is 0 Å². The Balaban J connectivity index is 0.000000142. The van der Waals surface area contributed by atoms with E-state index in [2.05, 4.69) is 52.5 Å². The molecule has 0 saturated heterocycles. The van der Waals surface area contributed by atoms with Gasteiger partial charge in [-0.3, -0.25) is 0 Å². The largest absolute Gasteiger partial charge is 0.493 e. The van der Waals surface area contributed by atoms with Crippen molar-refractivity contribution in [3.63, 3.8) is 0 Å². The first kappa shape index (κ1) is 20.5. The second-order valence-electron chi connectivity index (χ2n) is 9.48. The number of benzene rings is 1. The Morgan fingerprint density at radius 2 is 1.96 bits per heavy atom. The van der Waals surface area contributed by atoms with Crippen LogP contribution < -0.4 is 10.5 Å². The van der Waals surface area contributed by atoms with E-state index in [0.29, 0.717) is 5.41 Å². The molecule has 3 fully saturated rings. The first-order valence-electron chi connectivity index (χ1n) is 11.1. The van der Waals surface area contributed by atoms with E-state index in [4.69, 9.17) is 10.5 Å². The van der Waals surface area contributed by atoms with Crippen molar-refractivity contribution in [2.24, 2.45) is 28.9 Å². The number of fused-ring (bicyclic) bond motifs is 3. The molecular formula is C25H39NO. The molecule has 2 bridgehead atoms. The predicted octanol–water partition coefficient (Wildman–Crippen LogP) is 6.10. The van der Waals surface area contributed by atoms with Gasteiger partial charge in [-0.1, -0.05) is 58.4 Å². The van der Waals surface area contributed by atoms with Crippen molar-refractivity contribution in [3.05, 3.63) is 41.5 Å². The molecule has 3 saturated carbocycles. The molecule has 3 aliphatic carbocycles. The van der Waals surface area contributed by atoms with E-state index in [0.717, 1.165) is 49.0 Å². The third-order valence-electron chi connectivity index (χ3n) is 7.16. The number of nitrogens with two attached hydrogens (primary N) is 1. The van der Waals surface area contributed by atoms with E-state index < -0.39 is 0 Å². The molecule has 0 amide bonds. The average molecular weight is 370 g/mol. The summed E-state index contributed by atoms with van der Waals surface area (Å²) in [6.45, 7) is 14.9. The molecule has 2 heteroatoms. The summed E-state index contributed by atoms with van der Waals surface area (Å²) < 4.78 is 5.55. The third kappa shape index (κ3) is 4.11. The van der Waals surface area contributed by atoms with Gasteiger partial charge in [-0.15, -0.1) is 0 Å². The number of allylic oxidation sites excluding steroid dienone is 1. The van der Waals surface area contributed by atoms with Gasteiger partial charge >= 0.3 is 0 Å². The highest BCUT2D eigenvalue weighted by Gasteiger charge is 2.49. The van der Waals surface area contributed by atoms with E-state index in [1.807, 2.05) is 0 Å². The van der Waals surface area contributed by atoms with Crippen molar-refractivity contribution in [2.75, 3.05) is 13.2 Å². The van der Waals surface area contributed by atoms with E-state index in [1.165, 1.54) is 48.8 Å². The van der Waals surface area contributed by atoms with Crippen LogP contribution in [0, 0.1) is 23.2 Å². The molecule has 1 aliphatic heterocycles. The maximum absolute atomic E-state index is 5.68. The Hall–Kier alpha value is -1.28. The zero-order chi connectivity index (χ0) is 19.6. The van der Waals surface area contributed by atoms with Gasteiger partial charge in [-0.05, 0) is 72.9 Å². The van der Waals surface area contributed by atoms with Gasteiger partial charge in [0.2, 0.25) is 0 Å². The molecule has 2 N–H and O–H groups in total. The normalized spacial score (nSPS) is 31.2. The quantitative estimate of drug-likeness (QED) is 0.639. The topological polar surface area (TPSA) is 35.2 Å². The van der Waals surface area contributed by atoms with Crippen LogP contribution in [0.5, 0.6) is 5.75 Å². The minimum Gasteiger partial charge on any atom is -0.493 e. The lowest BCUT2D eigenvalue weighted by molar-refractivity contribution is 0.267. The van der Waals surface area contributed by atoms with E-state index in [9.17, 15) is 0 Å². The lowest BCUT2D eigenvalue weighted by atomic mass is 9.82. The summed E-state index contributed by atoms with van der Waals surface area (Å²) >= 11 is 0. The second-order valence-corrected chi connectivity index (χ2v) is 9.48. The van der Waals surface area contributed by atoms with Crippen LogP contribution in [0.25, 0.3) is 0 Å². The smallest absolute Gasteiger partial charge is 0.122 e. The summed E-state index contributed by atoms with van der Waals surface area (Å²) in [5, 5.41) is 0. The molecule has 0 aromatic heterocycles. The minimum absolute atomic E-state index is 0.594. The fourth-order valence-corrected chi connectivity index (χ4v) is 5.44. The van der Waals surface area contributed by atoms with Crippen LogP contribution in [0.15, 0.2) is 30.4 Å². The average Bonchev–Trinajstić information content (AvgIpc) is 3.08. The van der Waals surface area contributed by atoms with Crippen LogP contribution in [-0.2, 0) is 6.42 Å². The van der Waals surface area contributed by atoms with Gasteiger partial charge in [0.1, 0.15) is 5.75 Å². The maximum Gasteiger partial charge on any atom is 0.122 e. The summed E-state index contributed by atoms with van der Waals surface area (Å²) in [5.74, 6) is 4.37. The van der Waals surface area contributed by atoms with Crippen LogP contribution in [0.4, 0.5) is 0 Å². The summed E-state index contributed by atoms with van der Waals surface area (Å²) in [4.78, 5) is 0. The Morgan fingerprint density at radius 1 is 1.22 bits per heavy atom. The van der Waals surface area contributed by atoms with Crippen LogP contribution in [0.1, 0.15) is 76.8 Å². The highest BCUT2D eigenvalue weighted by molar-refractivity contribution is 5.46. The standard InChI is InChI=1S/C12H15NO.C10H16.C3H8/c13-7-8-6-11(8)9-2-1-3-12-10(9)4-5-14-12;1-7-6-8-4-5-9(7)10(8,2)3;1-3-2/h1-3,8,11H,4-7,13H2;8-9H,1,4-6H2,2-3H3;3H2,1-2H3/t8-,11?;;/m0../s1. The molecule has 4 aliphatic rings. The minimum atomic E-state index is 0.594. The molecule has 0 radical (unpaired) electrons. The Morgan fingerprint density at radius 3 is 2.44 bits per heavy atom. The van der Waals surface area contributed by atoms with Crippen molar-refractivity contribution >= 4 is 0 Å². The fraction of sp³-hybridized carbons (Fsp3) is 0.680. The van der Waals surface area contributed by atoms with Crippen molar-refractivity contribution in [1.29, 1.82) is 0 Å². The zero-order valence-corrected chi connectivity index (χ0v) is 17.9. The van der Waals surface area contributed by atoms with Gasteiger partial charge < -0.3 is 10.5 Å². The van der Waals surface area contributed by atoms with Gasteiger partial charge in [-0.25, -0.2) is 0 Å². The summed E-state index contributed by atoms with van der Waals surface area (Å²) in [5.41, 5.74) is 10.7. The lowest BCUT2D eigenvalue weighted by Crippen LogP contribution is -2.16. The highest BCUT2D eigenvalue weighted by Crippen LogP contribution is 2.59. The second kappa shape index (κ2) is 8.39. The van der Waals surface area contributed by atoms with E-state index in [1.54, 1.807) is 0 Å². The van der Waals surface area contributed by atoms with E-state index >= 15 is 0 Å². The molecule has 5 rings (SSSR count). The third-order valence-corrected chi connectivity index (χ3v) is 7.16. The maximum atomic E-state index is 5.68. The Labute approximate surface area is 166 Å². The molecule has 2 nitrogen and oxygen atoms in total. The fourth-order valence-electron chi connectivity index (χ4n) is 5.44. The van der Waals surface area contributed by atoms with Crippen molar-refractivity contribution in [3.8, 4) is 5.75 Å². The monoisotopic (exact) mass is 369 g/mol. The van der Waals surface area contributed by atoms with Crippen LogP contribution in [0.3, 0.4) is 0 Å². The van der Waals surface area contributed by atoms with Gasteiger partial charge in [0.15, 0.2) is 0 Å². The summed E-state index contributed by atoms with van der Waals surface area (Å²) in [6, 6.07) is 6.42. The summed E-state index contributed by atoms with van der Waals surface area (Å²) in [6.07, 6.45) is 7.79. The SMILES string of the molecule is C=C1CC2CCC1C2(C)C.CCC.NC[C@@H]1CC1c1cccc2c1CCO2. The van der Waals surface area contributed by atoms with Gasteiger partial charge in [0.25, 0.3) is 0 Å². The predicted molar refractivity (Wildman–Crippen MR) is 115 cm³/mol. The van der Waals surface area contributed by atoms with Crippen molar-refractivity contribution < 1.29 is 4.74 Å². The van der Waals surface area contributed by atoms with Crippen LogP contribution in [-0.4, -0.2) is 13.2 Å². The molecular weight excluding hydrogens is 330 g/mol. The van der Waals surface area contributed by atoms with Crippen LogP contribution in [0.2, 0.25) is 0 Å². The molecule has 4 atom stereocenters. The van der Waals surface area contributed by atoms with Gasteiger partial charge in [0, 0.05) is 12.0 Å². The van der Waals surface area contributed by atoms with Gasteiger partial charge in [0.05, 0.1) is 6.61 Å². The van der Waals surface area contributed by atoms with Crippen molar-refractivity contribution in [2.45, 2.75) is 72.1 Å². The van der Waals surface area contributed by atoms with Gasteiger partial charge in [-0.2, -0.15) is 0 Å². The molecule has 1 aromatic rings. The van der Waals surface area contributed by atoms with Crippen molar-refractivity contribution in [1.82, 2.24) is 0 Å². The first-order chi connectivity index (χ1) is 12.9. The summed E-state index contributed by atoms with van der Waals surface area (Å²) in [7, 11) is 0. The Kier molecular flexibility index (Phi) is 6.35. The zero-order valence-electron chi connectivity index (χ0n) is 17.9. The molecule has 1 aromatic carbocycles. The molecule has 1 heterocycles. The molecule has 27 heavy (non-hydrogen) atoms. The number of ether oxygens (including phenoxy) is 1. The van der Waals surface area contributed by atoms with E-state index in [-0.39, 0.29) is 0 Å². The number of hydrogen-bond donors (Lipinski definition) is 1. The molecule has 3 unspecified atom stereocenters. The number of rotatable bonds is 2. The number of hydrogen-bond acceptors (Lipinski definition) is 2. The molecule has 0 spiro atoms.